The SMILES string of the molecule is CC1(C)CCC(CN2CCN(c3ccc(C(=O)NS(=O)(=O)c4cc5c(c([N+](=O)[O-])c4)C[C@@H](CCN4CCC(C)(O)CC4)CO5)c(Oc4cnc5[nH]ccc5c4)c3)CC2)=C(c2ccc(Cl)cc2)C1. The zero-order valence-electron chi connectivity index (χ0n) is 38.2. The standard InChI is InChI=1S/C50H58ClN7O8S/c1-49(2)13-10-36(43(29-49)34-4-6-37(51)7-5-34)31-56-20-22-57(23-21-56)38-8-9-41(46(26-38)66-39-25-35-11-16-52-47(35)53-30-39)48(59)54-67(63,64)40-27-44(58(61)62)42-24-33(32-65-45(42)28-40)12-17-55-18-14-50(3,60)15-19-55/h4-9,11,16,25-28,30,33,60H,10,12-15,17-24,29,31-32H2,1-3H3,(H,52,53)(H,54,59)/t33-/m1/s1. The van der Waals surface area contributed by atoms with E-state index in [9.17, 15) is 28.4 Å². The van der Waals surface area contributed by atoms with Crippen molar-refractivity contribution in [1.82, 2.24) is 24.5 Å². The second-order valence-corrected chi connectivity index (χ2v) is 21.8. The molecule has 0 radical (unpaired) electrons. The number of halogens is 1. The molecule has 0 unspecified atom stereocenters. The summed E-state index contributed by atoms with van der Waals surface area (Å²) in [4.78, 5) is 39.9. The van der Waals surface area contributed by atoms with Crippen molar-refractivity contribution < 1.29 is 32.7 Å². The first-order valence-corrected chi connectivity index (χ1v) is 25.0. The number of allylic oxidation sites excluding steroid dienone is 1. The zero-order chi connectivity index (χ0) is 47.1. The molecule has 1 amide bonds. The van der Waals surface area contributed by atoms with E-state index < -0.39 is 31.4 Å². The van der Waals surface area contributed by atoms with Gasteiger partial charge >= 0.3 is 0 Å². The van der Waals surface area contributed by atoms with Crippen molar-refractivity contribution in [1.29, 1.82) is 0 Å². The normalized spacial score (nSPS) is 20.0. The Kier molecular flexibility index (Phi) is 13.1. The van der Waals surface area contributed by atoms with E-state index in [2.05, 4.69) is 55.4 Å². The average Bonchev–Trinajstić information content (AvgIpc) is 3.77. The number of carbonyl (C=O) groups is 1. The molecule has 1 aliphatic carbocycles. The van der Waals surface area contributed by atoms with E-state index in [0.717, 1.165) is 87.1 Å². The number of aliphatic hydroxyl groups is 1. The smallest absolute Gasteiger partial charge is 0.277 e. The van der Waals surface area contributed by atoms with Crippen LogP contribution in [0, 0.1) is 21.4 Å². The number of hydrogen-bond donors (Lipinski definition) is 3. The van der Waals surface area contributed by atoms with Gasteiger partial charge in [0.05, 0.1) is 39.4 Å². The summed E-state index contributed by atoms with van der Waals surface area (Å²) in [6.45, 7) is 13.0. The minimum absolute atomic E-state index is 0.0183. The molecule has 3 N–H and O–H groups in total. The van der Waals surface area contributed by atoms with Gasteiger partial charge < -0.3 is 29.4 Å². The Labute approximate surface area is 396 Å². The lowest BCUT2D eigenvalue weighted by Gasteiger charge is -2.39. The Morgan fingerprint density at radius 3 is 2.51 bits per heavy atom. The Balaban J connectivity index is 0.917. The number of sulfonamides is 1. The third-order valence-electron chi connectivity index (χ3n) is 14.0. The van der Waals surface area contributed by atoms with Gasteiger partial charge in [0.1, 0.15) is 22.9 Å². The molecule has 9 rings (SSSR count). The molecule has 0 saturated carbocycles. The van der Waals surface area contributed by atoms with E-state index >= 15 is 0 Å². The molecule has 354 valence electrons. The maximum Gasteiger partial charge on any atom is 0.277 e. The van der Waals surface area contributed by atoms with Gasteiger partial charge in [0.2, 0.25) is 0 Å². The molecular weight excluding hydrogens is 894 g/mol. The van der Waals surface area contributed by atoms with E-state index in [1.54, 1.807) is 30.5 Å². The lowest BCUT2D eigenvalue weighted by Crippen LogP contribution is -2.47. The van der Waals surface area contributed by atoms with Crippen LogP contribution in [0.5, 0.6) is 17.2 Å². The van der Waals surface area contributed by atoms with Gasteiger partial charge in [0, 0.05) is 86.3 Å². The van der Waals surface area contributed by atoms with Crippen LogP contribution in [0.15, 0.2) is 89.6 Å². The maximum absolute atomic E-state index is 14.1. The van der Waals surface area contributed by atoms with Crippen molar-refractivity contribution in [3.8, 4) is 17.2 Å². The number of H-pyrrole nitrogens is 1. The number of amides is 1. The summed E-state index contributed by atoms with van der Waals surface area (Å²) >= 11 is 6.25. The number of likely N-dealkylation sites (tertiary alicyclic amines) is 1. The molecule has 0 spiro atoms. The van der Waals surface area contributed by atoms with Gasteiger partial charge in [-0.1, -0.05) is 43.2 Å². The number of anilines is 1. The van der Waals surface area contributed by atoms with Gasteiger partial charge in [-0.2, -0.15) is 0 Å². The highest BCUT2D eigenvalue weighted by Gasteiger charge is 2.34. The third kappa shape index (κ3) is 10.8. The molecule has 2 aromatic heterocycles. The Bertz CT molecular complexity index is 2810. The monoisotopic (exact) mass is 951 g/mol. The summed E-state index contributed by atoms with van der Waals surface area (Å²) in [5.41, 5.74) is 5.00. The first-order chi connectivity index (χ1) is 32.0. The molecule has 5 heterocycles. The maximum atomic E-state index is 14.1. The number of piperazine rings is 1. The van der Waals surface area contributed by atoms with Crippen molar-refractivity contribution >= 4 is 55.5 Å². The number of aromatic nitrogens is 2. The number of nitro groups is 1. The van der Waals surface area contributed by atoms with Crippen LogP contribution in [-0.4, -0.2) is 109 Å². The number of ether oxygens (including phenoxy) is 2. The molecule has 2 saturated heterocycles. The number of fused-ring (bicyclic) bond motifs is 2. The van der Waals surface area contributed by atoms with Gasteiger partial charge in [-0.25, -0.2) is 18.1 Å². The molecular formula is C50H58ClN7O8S. The summed E-state index contributed by atoms with van der Waals surface area (Å²) in [5, 5.41) is 24.3. The molecule has 0 bridgehead atoms. The number of nitro benzene ring substituents is 1. The third-order valence-corrected chi connectivity index (χ3v) is 15.6. The quantitative estimate of drug-likeness (QED) is 0.0756. The second kappa shape index (κ2) is 18.9. The fourth-order valence-electron chi connectivity index (χ4n) is 9.84. The van der Waals surface area contributed by atoms with Crippen molar-refractivity contribution in [3.05, 3.63) is 117 Å². The van der Waals surface area contributed by atoms with E-state index in [1.165, 1.54) is 29.0 Å². The van der Waals surface area contributed by atoms with Crippen LogP contribution >= 0.6 is 11.6 Å². The molecule has 67 heavy (non-hydrogen) atoms. The van der Waals surface area contributed by atoms with Crippen LogP contribution in [0.3, 0.4) is 0 Å². The molecule has 3 aliphatic heterocycles. The van der Waals surface area contributed by atoms with E-state index in [1.807, 2.05) is 25.1 Å². The highest BCUT2D eigenvalue weighted by Crippen LogP contribution is 2.44. The van der Waals surface area contributed by atoms with Crippen LogP contribution in [0.25, 0.3) is 16.6 Å². The molecule has 1 atom stereocenters. The predicted octanol–water partition coefficient (Wildman–Crippen LogP) is 8.61. The lowest BCUT2D eigenvalue weighted by molar-refractivity contribution is -0.386. The van der Waals surface area contributed by atoms with Crippen LogP contribution in [-0.2, 0) is 16.4 Å². The number of hydrogen-bond acceptors (Lipinski definition) is 12. The van der Waals surface area contributed by atoms with E-state index in [0.29, 0.717) is 49.3 Å². The Morgan fingerprint density at radius 1 is 1.00 bits per heavy atom. The molecule has 2 fully saturated rings. The van der Waals surface area contributed by atoms with Gasteiger partial charge in [0.25, 0.3) is 21.6 Å². The molecule has 4 aliphatic rings. The van der Waals surface area contributed by atoms with E-state index in [-0.39, 0.29) is 40.7 Å². The molecule has 17 heteroatoms. The van der Waals surface area contributed by atoms with Crippen molar-refractivity contribution in [3.63, 3.8) is 0 Å². The number of rotatable bonds is 13. The summed E-state index contributed by atoms with van der Waals surface area (Å²) in [7, 11) is -4.64. The number of pyridine rings is 1. The first-order valence-electron chi connectivity index (χ1n) is 23.1. The van der Waals surface area contributed by atoms with Gasteiger partial charge in [-0.05, 0) is 117 Å². The lowest BCUT2D eigenvalue weighted by atomic mass is 9.72. The number of nitrogens with zero attached hydrogens (tertiary/aromatic N) is 5. The summed E-state index contributed by atoms with van der Waals surface area (Å²) < 4.78 is 42.5. The van der Waals surface area contributed by atoms with Gasteiger partial charge in [-0.3, -0.25) is 19.8 Å². The van der Waals surface area contributed by atoms with Gasteiger partial charge in [0.15, 0.2) is 0 Å². The van der Waals surface area contributed by atoms with E-state index in [4.69, 9.17) is 21.1 Å². The fourth-order valence-corrected chi connectivity index (χ4v) is 11.0. The summed E-state index contributed by atoms with van der Waals surface area (Å²) in [6, 6.07) is 19.1. The highest BCUT2D eigenvalue weighted by molar-refractivity contribution is 7.90. The highest BCUT2D eigenvalue weighted by atomic mass is 35.5. The number of benzene rings is 3. The Hall–Kier alpha value is -5.52. The first kappa shape index (κ1) is 46.6. The minimum atomic E-state index is -4.64. The molecule has 15 nitrogen and oxygen atoms in total. The van der Waals surface area contributed by atoms with Crippen molar-refractivity contribution in [2.24, 2.45) is 11.3 Å². The minimum Gasteiger partial charge on any atom is -0.493 e. The second-order valence-electron chi connectivity index (χ2n) is 19.7. The number of piperidine rings is 1. The number of aromatic amines is 1. The topological polar surface area (TPSA) is 183 Å². The largest absolute Gasteiger partial charge is 0.493 e. The van der Waals surface area contributed by atoms with Crippen molar-refractivity contribution in [2.75, 3.05) is 63.9 Å². The molecule has 3 aromatic carbocycles. The number of nitrogens with one attached hydrogen (secondary N) is 2. The van der Waals surface area contributed by atoms with Crippen molar-refractivity contribution in [2.45, 2.75) is 76.2 Å². The number of carbonyl (C=O) groups excluding carboxylic acids is 1. The zero-order valence-corrected chi connectivity index (χ0v) is 39.8. The predicted molar refractivity (Wildman–Crippen MR) is 259 cm³/mol. The van der Waals surface area contributed by atoms with Gasteiger partial charge in [-0.15, -0.1) is 0 Å². The summed E-state index contributed by atoms with van der Waals surface area (Å²) in [6.07, 6.45) is 8.90. The summed E-state index contributed by atoms with van der Waals surface area (Å²) in [5.74, 6) is -0.419. The van der Waals surface area contributed by atoms with Crippen LogP contribution in [0.2, 0.25) is 5.02 Å². The van der Waals surface area contributed by atoms with Crippen LogP contribution in [0.4, 0.5) is 11.4 Å². The van der Waals surface area contributed by atoms with Crippen LogP contribution < -0.4 is 19.1 Å². The average molecular weight is 953 g/mol. The fraction of sp³-hybridized carbons (Fsp3) is 0.440. The Morgan fingerprint density at radius 2 is 1.76 bits per heavy atom. The molecule has 5 aromatic rings. The van der Waals surface area contributed by atoms with Crippen LogP contribution in [0.1, 0.15) is 80.8 Å².